The highest BCUT2D eigenvalue weighted by Gasteiger charge is 1.96. The highest BCUT2D eigenvalue weighted by Crippen LogP contribution is 2.01. The van der Waals surface area contributed by atoms with Crippen LogP contribution in [0.3, 0.4) is 0 Å². The molecule has 242 valence electrons. The number of hydrogen-bond donors (Lipinski definition) is 0. The lowest BCUT2D eigenvalue weighted by molar-refractivity contribution is -0.0274. The molecule has 0 aromatic carbocycles. The predicted octanol–water partition coefficient (Wildman–Crippen LogP) is 2.99. The van der Waals surface area contributed by atoms with Crippen molar-refractivity contribution in [3.8, 4) is 0 Å². The van der Waals surface area contributed by atoms with Gasteiger partial charge in [-0.3, -0.25) is 0 Å². The zero-order valence-corrected chi connectivity index (χ0v) is 25.7. The molecule has 0 saturated carbocycles. The van der Waals surface area contributed by atoms with Gasteiger partial charge in [0.1, 0.15) is 0 Å². The van der Waals surface area contributed by atoms with Crippen LogP contribution in [0.5, 0.6) is 0 Å². The number of unbranched alkanes of at least 4 members (excludes halogenated alkanes) is 3. The van der Waals surface area contributed by atoms with Gasteiger partial charge in [-0.15, -0.1) is 11.6 Å². The number of rotatable bonds is 37. The molecule has 0 bridgehead atoms. The summed E-state index contributed by atoms with van der Waals surface area (Å²) in [5.74, 6) is 0.746. The van der Waals surface area contributed by atoms with Crippen LogP contribution >= 0.6 is 11.6 Å². The Balaban J connectivity index is 3.01. The van der Waals surface area contributed by atoms with Crippen LogP contribution in [0.15, 0.2) is 0 Å². The molecule has 0 heterocycles. The van der Waals surface area contributed by atoms with Gasteiger partial charge in [-0.1, -0.05) is 12.8 Å². The van der Waals surface area contributed by atoms with E-state index in [0.29, 0.717) is 139 Å². The van der Waals surface area contributed by atoms with Crippen molar-refractivity contribution in [1.82, 2.24) is 0 Å². The van der Waals surface area contributed by atoms with Gasteiger partial charge in [0.15, 0.2) is 0 Å². The smallest absolute Gasteiger partial charge is 0.0701 e. The van der Waals surface area contributed by atoms with E-state index in [9.17, 15) is 0 Å². The summed E-state index contributed by atoms with van der Waals surface area (Å²) < 4.78 is 59.7. The van der Waals surface area contributed by atoms with Gasteiger partial charge in [0.25, 0.3) is 0 Å². The molecular formula is C28H57ClO11. The molecule has 0 atom stereocenters. The standard InChI is InChI=1S/C28H57ClO11/c1-2-30-9-10-32-13-14-34-17-18-36-21-22-38-25-26-40-28-27-39-24-23-37-20-19-35-16-15-33-12-11-31-8-6-4-3-5-7-29/h2-28H2,1H3. The van der Waals surface area contributed by atoms with Crippen molar-refractivity contribution in [2.24, 2.45) is 0 Å². The van der Waals surface area contributed by atoms with E-state index in [2.05, 4.69) is 0 Å². The van der Waals surface area contributed by atoms with Gasteiger partial charge in [0, 0.05) is 19.1 Å². The van der Waals surface area contributed by atoms with Crippen molar-refractivity contribution < 1.29 is 52.1 Å². The molecule has 0 unspecified atom stereocenters. The normalized spacial score (nSPS) is 11.6. The van der Waals surface area contributed by atoms with E-state index in [1.807, 2.05) is 6.92 Å². The van der Waals surface area contributed by atoms with Crippen molar-refractivity contribution in [1.29, 1.82) is 0 Å². The van der Waals surface area contributed by atoms with E-state index in [1.165, 1.54) is 12.8 Å². The summed E-state index contributed by atoms with van der Waals surface area (Å²) in [5.41, 5.74) is 0. The van der Waals surface area contributed by atoms with Crippen LogP contribution in [0, 0.1) is 0 Å². The minimum Gasteiger partial charge on any atom is -0.379 e. The first-order chi connectivity index (χ1) is 19.9. The zero-order chi connectivity index (χ0) is 28.9. The van der Waals surface area contributed by atoms with Crippen molar-refractivity contribution >= 4 is 11.6 Å². The molecule has 0 spiro atoms. The highest BCUT2D eigenvalue weighted by molar-refractivity contribution is 6.17. The lowest BCUT2D eigenvalue weighted by Crippen LogP contribution is -2.15. The lowest BCUT2D eigenvalue weighted by atomic mass is 10.2. The Bertz CT molecular complexity index is 401. The molecule has 0 aromatic rings. The van der Waals surface area contributed by atoms with E-state index >= 15 is 0 Å². The summed E-state index contributed by atoms with van der Waals surface area (Å²) in [6, 6.07) is 0. The van der Waals surface area contributed by atoms with Crippen molar-refractivity contribution in [3.05, 3.63) is 0 Å². The maximum Gasteiger partial charge on any atom is 0.0701 e. The molecule has 11 nitrogen and oxygen atoms in total. The van der Waals surface area contributed by atoms with Crippen LogP contribution in [-0.4, -0.2) is 151 Å². The van der Waals surface area contributed by atoms with Gasteiger partial charge in [-0.05, 0) is 19.8 Å². The van der Waals surface area contributed by atoms with Gasteiger partial charge in [0.2, 0.25) is 0 Å². The van der Waals surface area contributed by atoms with E-state index < -0.39 is 0 Å². The van der Waals surface area contributed by atoms with Gasteiger partial charge in [0.05, 0.1) is 132 Å². The zero-order valence-electron chi connectivity index (χ0n) is 25.0. The van der Waals surface area contributed by atoms with Crippen molar-refractivity contribution in [3.63, 3.8) is 0 Å². The number of halogens is 1. The fraction of sp³-hybridized carbons (Fsp3) is 1.00. The molecule has 0 amide bonds. The van der Waals surface area contributed by atoms with E-state index in [1.54, 1.807) is 0 Å². The largest absolute Gasteiger partial charge is 0.379 e. The third-order valence-electron chi connectivity index (χ3n) is 5.10. The lowest BCUT2D eigenvalue weighted by Gasteiger charge is -2.09. The molecule has 12 heteroatoms. The first-order valence-corrected chi connectivity index (χ1v) is 15.4. The highest BCUT2D eigenvalue weighted by atomic mass is 35.5. The van der Waals surface area contributed by atoms with Crippen molar-refractivity contribution in [2.45, 2.75) is 32.6 Å². The summed E-state index contributed by atoms with van der Waals surface area (Å²) in [6.45, 7) is 14.5. The van der Waals surface area contributed by atoms with Crippen molar-refractivity contribution in [2.75, 3.05) is 151 Å². The first-order valence-electron chi connectivity index (χ1n) is 14.8. The molecule has 0 fully saturated rings. The Hall–Kier alpha value is -0.150. The molecule has 0 saturated heterocycles. The first kappa shape index (κ1) is 39.8. The molecule has 0 rings (SSSR count). The summed E-state index contributed by atoms with van der Waals surface area (Å²) in [5, 5.41) is 0. The topological polar surface area (TPSA) is 102 Å². The Labute approximate surface area is 247 Å². The molecular weight excluding hydrogens is 548 g/mol. The molecule has 0 aliphatic rings. The van der Waals surface area contributed by atoms with Gasteiger partial charge in [-0.25, -0.2) is 0 Å². The summed E-state index contributed by atoms with van der Waals surface area (Å²) in [4.78, 5) is 0. The minimum atomic E-state index is 0.523. The van der Waals surface area contributed by atoms with Crippen LogP contribution in [0.25, 0.3) is 0 Å². The van der Waals surface area contributed by atoms with Crippen LogP contribution in [0.1, 0.15) is 32.6 Å². The Kier molecular flexibility index (Phi) is 38.7. The SMILES string of the molecule is CCOCCOCCOCCOCCOCCOCCOCCOCCOCCOCCOCCCCCCCl. The molecule has 0 radical (unpaired) electrons. The van der Waals surface area contributed by atoms with Crippen LogP contribution in [0.2, 0.25) is 0 Å². The fourth-order valence-electron chi connectivity index (χ4n) is 3.00. The van der Waals surface area contributed by atoms with Crippen LogP contribution in [-0.2, 0) is 52.1 Å². The Morgan fingerprint density at radius 2 is 0.500 bits per heavy atom. The average molecular weight is 605 g/mol. The molecule has 0 aliphatic carbocycles. The second-order valence-electron chi connectivity index (χ2n) is 8.42. The number of ether oxygens (including phenoxy) is 11. The van der Waals surface area contributed by atoms with E-state index in [-0.39, 0.29) is 0 Å². The predicted molar refractivity (Wildman–Crippen MR) is 154 cm³/mol. The molecule has 0 aliphatic heterocycles. The minimum absolute atomic E-state index is 0.523. The third kappa shape index (κ3) is 37.9. The summed E-state index contributed by atoms with van der Waals surface area (Å²) in [6.07, 6.45) is 4.51. The van der Waals surface area contributed by atoms with E-state index in [0.717, 1.165) is 25.3 Å². The fourth-order valence-corrected chi connectivity index (χ4v) is 3.18. The van der Waals surface area contributed by atoms with Gasteiger partial charge < -0.3 is 52.1 Å². The Morgan fingerprint density at radius 1 is 0.275 bits per heavy atom. The summed E-state index contributed by atoms with van der Waals surface area (Å²) >= 11 is 5.65. The van der Waals surface area contributed by atoms with E-state index in [4.69, 9.17) is 63.7 Å². The average Bonchev–Trinajstić information content (AvgIpc) is 2.97. The Morgan fingerprint density at radius 3 is 0.750 bits per heavy atom. The maximum absolute atomic E-state index is 5.65. The monoisotopic (exact) mass is 604 g/mol. The third-order valence-corrected chi connectivity index (χ3v) is 5.36. The summed E-state index contributed by atoms with van der Waals surface area (Å²) in [7, 11) is 0. The number of alkyl halides is 1. The van der Waals surface area contributed by atoms with Gasteiger partial charge >= 0.3 is 0 Å². The molecule has 40 heavy (non-hydrogen) atoms. The van der Waals surface area contributed by atoms with Crippen LogP contribution < -0.4 is 0 Å². The van der Waals surface area contributed by atoms with Gasteiger partial charge in [-0.2, -0.15) is 0 Å². The second kappa shape index (κ2) is 38.9. The quantitative estimate of drug-likeness (QED) is 0.0772. The molecule has 0 N–H and O–H groups in total. The molecule has 0 aromatic heterocycles. The maximum atomic E-state index is 5.65. The second-order valence-corrected chi connectivity index (χ2v) is 8.80. The van der Waals surface area contributed by atoms with Crippen LogP contribution in [0.4, 0.5) is 0 Å². The number of hydrogen-bond acceptors (Lipinski definition) is 11.